The number of benzene rings is 1. The summed E-state index contributed by atoms with van der Waals surface area (Å²) in [6.45, 7) is 34.2. The molecule has 0 atom stereocenters. The number of aromatic nitrogens is 10. The van der Waals surface area contributed by atoms with E-state index in [2.05, 4.69) is 197 Å². The quantitative estimate of drug-likeness (QED) is 0.145. The number of hydrogen-bond donors (Lipinski definition) is 0. The van der Waals surface area contributed by atoms with E-state index in [9.17, 15) is 0 Å². The van der Waals surface area contributed by atoms with E-state index in [1.54, 1.807) is 43.5 Å². The lowest BCUT2D eigenvalue weighted by Gasteiger charge is -2.01. The third kappa shape index (κ3) is 35.8. The van der Waals surface area contributed by atoms with Gasteiger partial charge in [0.25, 0.3) is 0 Å². The lowest BCUT2D eigenvalue weighted by molar-refractivity contribution is 0.774. The molecule has 0 saturated carbocycles. The molecule has 0 radical (unpaired) electrons. The Morgan fingerprint density at radius 1 is 0.267 bits per heavy atom. The highest BCUT2D eigenvalue weighted by Gasteiger charge is 2.00. The Hall–Kier alpha value is -6.94. The van der Waals surface area contributed by atoms with Gasteiger partial charge in [0.05, 0.1) is 5.69 Å². The van der Waals surface area contributed by atoms with Gasteiger partial charge in [-0.25, -0.2) is 19.9 Å². The van der Waals surface area contributed by atoms with E-state index >= 15 is 0 Å². The number of pyridine rings is 4. The van der Waals surface area contributed by atoms with E-state index in [1.807, 2.05) is 104 Å². The summed E-state index contributed by atoms with van der Waals surface area (Å²) in [5.41, 5.74) is 8.50. The fraction of sp³-hybridized carbons (Fsp3) is 0.415. The zero-order chi connectivity index (χ0) is 53.5. The van der Waals surface area contributed by atoms with Crippen LogP contribution >= 0.6 is 0 Å². The van der Waals surface area contributed by atoms with E-state index in [-0.39, 0.29) is 22.3 Å². The van der Waals surface area contributed by atoms with Crippen LogP contribution in [0.2, 0.25) is 0 Å². The van der Waals surface area contributed by atoms with Crippen LogP contribution in [0.25, 0.3) is 0 Å². The maximum Gasteiger partial charge on any atom is 0.130 e. The fourth-order valence-electron chi connectivity index (χ4n) is 5.58. The molecular formula is C65H98N10. The summed E-state index contributed by atoms with van der Waals surface area (Å²) in [6.07, 6.45) is 19.6. The zero-order valence-corrected chi connectivity index (χ0v) is 46.4. The Kier molecular flexibility index (Phi) is 42.9. The molecule has 0 saturated heterocycles. The molecule has 0 aliphatic heterocycles. The van der Waals surface area contributed by atoms with Crippen molar-refractivity contribution in [3.05, 3.63) is 229 Å². The fourth-order valence-corrected chi connectivity index (χ4v) is 5.58. The second kappa shape index (κ2) is 44.5. The van der Waals surface area contributed by atoms with Crippen LogP contribution in [0.3, 0.4) is 0 Å². The predicted octanol–water partition coefficient (Wildman–Crippen LogP) is 18.3. The van der Waals surface area contributed by atoms with Crippen molar-refractivity contribution in [1.82, 2.24) is 50.1 Å². The smallest absolute Gasteiger partial charge is 0.130 e. The summed E-state index contributed by atoms with van der Waals surface area (Å²) >= 11 is 0. The first-order valence-corrected chi connectivity index (χ1v) is 25.4. The summed E-state index contributed by atoms with van der Waals surface area (Å²) in [5.74, 6) is 5.29. The first kappa shape index (κ1) is 72.3. The summed E-state index contributed by atoms with van der Waals surface area (Å²) in [5, 5.41) is 7.68. The Bertz CT molecular complexity index is 1870. The molecule has 1 aromatic carbocycles. The molecule has 0 aliphatic rings. The van der Waals surface area contributed by atoms with Gasteiger partial charge >= 0.3 is 0 Å². The average Bonchev–Trinajstić information content (AvgIpc) is 3.42. The van der Waals surface area contributed by atoms with Crippen molar-refractivity contribution < 1.29 is 0 Å². The topological polar surface area (TPSA) is 129 Å². The van der Waals surface area contributed by atoms with Gasteiger partial charge in [-0.15, -0.1) is 0 Å². The summed E-state index contributed by atoms with van der Waals surface area (Å²) in [6, 6.07) is 38.3. The molecule has 0 spiro atoms. The second-order valence-corrected chi connectivity index (χ2v) is 19.1. The minimum Gasteiger partial charge on any atom is -0.264 e. The van der Waals surface area contributed by atoms with Gasteiger partial charge in [-0.1, -0.05) is 188 Å². The number of hydrogen-bond acceptors (Lipinski definition) is 10. The molecule has 0 bridgehead atoms. The molecule has 8 aromatic rings. The molecule has 0 amide bonds. The van der Waals surface area contributed by atoms with Gasteiger partial charge in [0.15, 0.2) is 0 Å². The Morgan fingerprint density at radius 3 is 0.893 bits per heavy atom. The van der Waals surface area contributed by atoms with Crippen LogP contribution in [0.1, 0.15) is 226 Å². The van der Waals surface area contributed by atoms with Crippen LogP contribution in [0.4, 0.5) is 0 Å². The number of rotatable bonds is 8. The van der Waals surface area contributed by atoms with E-state index in [1.165, 1.54) is 16.7 Å². The SMILES string of the molecule is C.C.C.CC(C)c1ccccc1.CC(C)c1ccccn1.CC(C)c1ccccn1.CC(C)c1cccnc1.CC(C)c1cccnc1.CC(C)c1cccnn1.CC(C)c1ccncn1.CC(C)c1ncccn1. The maximum absolute atomic E-state index is 4.18. The summed E-state index contributed by atoms with van der Waals surface area (Å²) < 4.78 is 0. The molecule has 0 N–H and O–H groups in total. The van der Waals surface area contributed by atoms with Gasteiger partial charge in [0.1, 0.15) is 12.2 Å². The highest BCUT2D eigenvalue weighted by Crippen LogP contribution is 2.14. The molecule has 0 unspecified atom stereocenters. The molecule has 8 rings (SSSR count). The molecule has 10 heteroatoms. The van der Waals surface area contributed by atoms with Gasteiger partial charge < -0.3 is 0 Å². The van der Waals surface area contributed by atoms with E-state index < -0.39 is 0 Å². The molecule has 75 heavy (non-hydrogen) atoms. The van der Waals surface area contributed by atoms with Crippen molar-refractivity contribution in [2.24, 2.45) is 0 Å². The van der Waals surface area contributed by atoms with Gasteiger partial charge in [-0.3, -0.25) is 19.9 Å². The van der Waals surface area contributed by atoms with Crippen molar-refractivity contribution in [3.8, 4) is 0 Å². The Morgan fingerprint density at radius 2 is 0.653 bits per heavy atom. The third-order valence-electron chi connectivity index (χ3n) is 10.2. The minimum atomic E-state index is 0. The Labute approximate surface area is 457 Å². The first-order chi connectivity index (χ1) is 34.4. The monoisotopic (exact) mass is 1020 g/mol. The van der Waals surface area contributed by atoms with Crippen molar-refractivity contribution >= 4 is 0 Å². The van der Waals surface area contributed by atoms with Crippen molar-refractivity contribution in [3.63, 3.8) is 0 Å². The largest absolute Gasteiger partial charge is 0.264 e. The van der Waals surface area contributed by atoms with E-state index in [0.717, 1.165) is 28.6 Å². The van der Waals surface area contributed by atoms with Crippen molar-refractivity contribution in [2.75, 3.05) is 0 Å². The standard InChI is InChI=1S/C9H12.4C8H11N.3C7H10N2.3CH4/c1-8(2)9-6-4-3-5-7-9;2*1-7(2)8-4-3-5-9-6-8;2*1-7(2)8-5-3-4-6-9-8;1-6(2)7-3-4-8-5-9-7;1-6(2)7-8-4-3-5-9-7;1-6(2)7-4-3-5-8-9-7;;;/h3-8H,1-2H3;4*3-7H,1-2H3;3*3-6H,1-2H3;3*1H4. The summed E-state index contributed by atoms with van der Waals surface area (Å²) in [7, 11) is 0. The first-order valence-electron chi connectivity index (χ1n) is 25.4. The van der Waals surface area contributed by atoms with Crippen molar-refractivity contribution in [2.45, 2.75) is 180 Å². The molecule has 408 valence electrons. The van der Waals surface area contributed by atoms with Gasteiger partial charge in [-0.05, 0) is 119 Å². The second-order valence-electron chi connectivity index (χ2n) is 19.1. The lowest BCUT2D eigenvalue weighted by atomic mass is 10.0. The minimum absolute atomic E-state index is 0. The number of nitrogens with zero attached hydrogens (tertiary/aromatic N) is 10. The maximum atomic E-state index is 4.18. The highest BCUT2D eigenvalue weighted by atomic mass is 15.1. The molecule has 0 fully saturated rings. The molecule has 7 aromatic heterocycles. The van der Waals surface area contributed by atoms with Gasteiger partial charge in [0, 0.05) is 85.0 Å². The normalized spacial score (nSPS) is 9.71. The van der Waals surface area contributed by atoms with E-state index in [4.69, 9.17) is 0 Å². The molecule has 10 nitrogen and oxygen atoms in total. The summed E-state index contributed by atoms with van der Waals surface area (Å²) in [4.78, 5) is 32.4. The van der Waals surface area contributed by atoms with Crippen LogP contribution in [0.5, 0.6) is 0 Å². The van der Waals surface area contributed by atoms with Gasteiger partial charge in [0.2, 0.25) is 0 Å². The zero-order valence-electron chi connectivity index (χ0n) is 46.4. The van der Waals surface area contributed by atoms with Gasteiger partial charge in [-0.2, -0.15) is 10.2 Å². The van der Waals surface area contributed by atoms with Crippen LogP contribution in [0.15, 0.2) is 184 Å². The predicted molar refractivity (Wildman–Crippen MR) is 322 cm³/mol. The van der Waals surface area contributed by atoms with Crippen molar-refractivity contribution in [1.29, 1.82) is 0 Å². The molecule has 7 heterocycles. The third-order valence-corrected chi connectivity index (χ3v) is 10.2. The average molecular weight is 1020 g/mol. The van der Waals surface area contributed by atoms with Crippen LogP contribution in [-0.4, -0.2) is 50.1 Å². The highest BCUT2D eigenvalue weighted by molar-refractivity contribution is 5.18. The van der Waals surface area contributed by atoms with Crippen LogP contribution in [0, 0.1) is 0 Å². The molecule has 0 aliphatic carbocycles. The van der Waals surface area contributed by atoms with E-state index in [0.29, 0.717) is 47.3 Å². The molecular weight excluding hydrogens is 921 g/mol. The Balaban J connectivity index is -0.000000785. The van der Waals surface area contributed by atoms with Crippen LogP contribution in [-0.2, 0) is 0 Å². The van der Waals surface area contributed by atoms with Crippen LogP contribution < -0.4 is 0 Å². The lowest BCUT2D eigenvalue weighted by Crippen LogP contribution is -1.93.